The number of nitrogens with one attached hydrogen (secondary N) is 1. The first-order valence-electron chi connectivity index (χ1n) is 16.2. The number of nitrogens with zero attached hydrogens (tertiary/aromatic N) is 3. The van der Waals surface area contributed by atoms with E-state index >= 15 is 0 Å². The maximum absolute atomic E-state index is 12.6. The minimum atomic E-state index is -5.81. The third kappa shape index (κ3) is 11.0. The summed E-state index contributed by atoms with van der Waals surface area (Å²) in [5.74, 6) is 0. The summed E-state index contributed by atoms with van der Waals surface area (Å²) >= 11 is 0. The highest BCUT2D eigenvalue weighted by molar-refractivity contribution is 14.0. The number of halogens is 5. The molecule has 0 aliphatic rings. The van der Waals surface area contributed by atoms with Crippen LogP contribution in [0.15, 0.2) is 17.2 Å². The monoisotopic (exact) mass is 916 g/mol. The minimum Gasteiger partial charge on any atom is -0.337 e. The molecule has 8 nitrogen and oxygen atoms in total. The first kappa shape index (κ1) is 48.1. The van der Waals surface area contributed by atoms with Crippen molar-refractivity contribution >= 4 is 58.1 Å². The van der Waals surface area contributed by atoms with Crippen molar-refractivity contribution in [2.45, 2.75) is 162 Å². The average molecular weight is 917 g/mol. The predicted octanol–water partition coefficient (Wildman–Crippen LogP) is 10.0. The Morgan fingerprint density at radius 1 is 0.660 bits per heavy atom. The summed E-state index contributed by atoms with van der Waals surface area (Å²) in [5.41, 5.74) is -2.74. The molecule has 0 unspecified atom stereocenters. The van der Waals surface area contributed by atoms with Gasteiger partial charge in [-0.1, -0.05) is 83.1 Å². The molecule has 0 radical (unpaired) electrons. The van der Waals surface area contributed by atoms with Crippen LogP contribution in [0.4, 0.5) is 13.2 Å². The molecule has 274 valence electrons. The summed E-state index contributed by atoms with van der Waals surface area (Å²) in [6.07, 6.45) is 10.3. The molecule has 0 amide bonds. The van der Waals surface area contributed by atoms with Gasteiger partial charge in [0.2, 0.25) is 0 Å². The van der Waals surface area contributed by atoms with E-state index in [1.165, 1.54) is 11.8 Å². The number of aromatic amines is 1. The molecule has 2 heterocycles. The predicted molar refractivity (Wildman–Crippen MR) is 205 cm³/mol. The van der Waals surface area contributed by atoms with Crippen LogP contribution in [0.3, 0.4) is 0 Å². The molecule has 0 saturated heterocycles. The topological polar surface area (TPSA) is 115 Å². The van der Waals surface area contributed by atoms with Crippen molar-refractivity contribution in [2.24, 2.45) is 0 Å². The maximum Gasteiger partial charge on any atom is 0.534 e. The number of rotatable bonds is 14. The summed E-state index contributed by atoms with van der Waals surface area (Å²) in [7, 11) is -5.81. The molecule has 1 N–H and O–H groups in total. The fourth-order valence-electron chi connectivity index (χ4n) is 5.23. The van der Waals surface area contributed by atoms with Crippen molar-refractivity contribution < 1.29 is 25.8 Å². The van der Waals surface area contributed by atoms with Crippen LogP contribution in [0.1, 0.15) is 157 Å². The van der Waals surface area contributed by atoms with Gasteiger partial charge in [-0.25, -0.2) is 14.8 Å². The van der Waals surface area contributed by atoms with Gasteiger partial charge in [0, 0.05) is 28.9 Å². The van der Waals surface area contributed by atoms with Crippen molar-refractivity contribution in [3.05, 3.63) is 45.4 Å². The summed E-state index contributed by atoms with van der Waals surface area (Å²) in [6, 6.07) is -0.802. The first-order chi connectivity index (χ1) is 20.7. The zero-order valence-corrected chi connectivity index (χ0v) is 35.6. The highest BCUT2D eigenvalue weighted by atomic mass is 127. The van der Waals surface area contributed by atoms with E-state index in [1.807, 2.05) is 41.5 Å². The number of hydrogen-bond acceptors (Lipinski definition) is 7. The van der Waals surface area contributed by atoms with Crippen LogP contribution in [0.5, 0.6) is 6.01 Å². The Labute approximate surface area is 314 Å². The molecule has 0 fully saturated rings. The second-order valence-electron chi connectivity index (χ2n) is 12.9. The Balaban J connectivity index is 0. The molecule has 47 heavy (non-hydrogen) atoms. The van der Waals surface area contributed by atoms with E-state index in [4.69, 9.17) is 0 Å². The normalized spacial score (nSPS) is 12.7. The lowest BCUT2D eigenvalue weighted by Crippen LogP contribution is -2.33. The Bertz CT molecular complexity index is 1420. The van der Waals surface area contributed by atoms with Crippen molar-refractivity contribution in [2.75, 3.05) is 0 Å². The molecule has 14 heteroatoms. The number of H-pyrrole nitrogens is 1. The smallest absolute Gasteiger partial charge is 0.337 e. The lowest BCUT2D eigenvalue weighted by atomic mass is 9.71. The van der Waals surface area contributed by atoms with Gasteiger partial charge in [0.15, 0.2) is 0 Å². The summed E-state index contributed by atoms with van der Waals surface area (Å²) < 4.78 is 64.5. The number of alkyl halides is 3. The van der Waals surface area contributed by atoms with Crippen LogP contribution in [0, 0.1) is 0 Å². The van der Waals surface area contributed by atoms with Crippen molar-refractivity contribution in [3.63, 3.8) is 0 Å². The van der Waals surface area contributed by atoms with E-state index in [0.717, 1.165) is 49.8 Å². The minimum absolute atomic E-state index is 0. The molecule has 2 aromatic heterocycles. The Kier molecular flexibility index (Phi) is 19.2. The SMILES string of the molecule is CCC(C)(CC)c1cnc(=O)[nH]c1C(C)(CC)CC.CCC(C)(CC)c1cnc(OS(=O)(=O)C(F)(F)F)nc1C(C)(CC)CC.I.I. The van der Waals surface area contributed by atoms with Crippen LogP contribution >= 0.6 is 48.0 Å². The summed E-state index contributed by atoms with van der Waals surface area (Å²) in [6.45, 7) is 25.2. The number of hydrogen-bond donors (Lipinski definition) is 1. The van der Waals surface area contributed by atoms with Gasteiger partial charge in [-0.2, -0.15) is 26.6 Å². The second-order valence-corrected chi connectivity index (χ2v) is 14.5. The van der Waals surface area contributed by atoms with Gasteiger partial charge in [-0.05, 0) is 73.3 Å². The molecule has 0 saturated carbocycles. The van der Waals surface area contributed by atoms with Gasteiger partial charge in [-0.3, -0.25) is 0 Å². The Hall–Kier alpha value is -1.04. The quantitative estimate of drug-likeness (QED) is 0.114. The molecule has 2 rings (SSSR count). The van der Waals surface area contributed by atoms with Crippen LogP contribution in [0.2, 0.25) is 0 Å². The largest absolute Gasteiger partial charge is 0.534 e. The van der Waals surface area contributed by atoms with Gasteiger partial charge in [0.1, 0.15) is 0 Å². The third-order valence-electron chi connectivity index (χ3n) is 10.8. The zero-order valence-electron chi connectivity index (χ0n) is 30.1. The van der Waals surface area contributed by atoms with E-state index in [0.29, 0.717) is 18.5 Å². The standard InChI is InChI=1S/C17H27F3N2O3S.C16H28N2O.2HI/c1-7-15(5,8-2)12-11-21-14(25-26(23,24)17(18,19)20)22-13(12)16(6,9-3)10-4;1-7-15(5,8-2)12-11-17-14(19)18-13(12)16(6,9-3)10-4;;/h11H,7-10H2,1-6H3;11H,7-10H2,1-6H3,(H,17,18,19);2*1H. The van der Waals surface area contributed by atoms with Crippen LogP contribution in [-0.4, -0.2) is 33.9 Å². The zero-order chi connectivity index (χ0) is 35.1. The second kappa shape index (κ2) is 18.8. The van der Waals surface area contributed by atoms with Gasteiger partial charge < -0.3 is 9.17 Å². The number of aromatic nitrogens is 4. The Morgan fingerprint density at radius 2 is 1.04 bits per heavy atom. The van der Waals surface area contributed by atoms with Crippen molar-refractivity contribution in [3.8, 4) is 6.01 Å². The van der Waals surface area contributed by atoms with Gasteiger partial charge in [-0.15, -0.1) is 48.0 Å². The van der Waals surface area contributed by atoms with E-state index < -0.39 is 27.1 Å². The van der Waals surface area contributed by atoms with Crippen LogP contribution < -0.4 is 9.87 Å². The highest BCUT2D eigenvalue weighted by Crippen LogP contribution is 2.41. The maximum atomic E-state index is 12.6. The van der Waals surface area contributed by atoms with Gasteiger partial charge >= 0.3 is 27.3 Å². The van der Waals surface area contributed by atoms with E-state index in [9.17, 15) is 26.4 Å². The molecular weight excluding hydrogens is 859 g/mol. The molecule has 0 spiro atoms. The van der Waals surface area contributed by atoms with Crippen LogP contribution in [0.25, 0.3) is 0 Å². The molecule has 0 atom stereocenters. The lowest BCUT2D eigenvalue weighted by molar-refractivity contribution is -0.0503. The molecule has 0 aromatic carbocycles. The highest BCUT2D eigenvalue weighted by Gasteiger charge is 2.49. The van der Waals surface area contributed by atoms with Crippen molar-refractivity contribution in [1.82, 2.24) is 19.9 Å². The molecule has 0 aliphatic carbocycles. The lowest BCUT2D eigenvalue weighted by Gasteiger charge is -2.35. The Morgan fingerprint density at radius 3 is 1.43 bits per heavy atom. The molecular formula is C33H57F3I2N4O4S. The first-order valence-corrected chi connectivity index (χ1v) is 17.6. The van der Waals surface area contributed by atoms with Gasteiger partial charge in [0.05, 0.1) is 5.69 Å². The molecule has 2 aromatic rings. The third-order valence-corrected chi connectivity index (χ3v) is 11.7. The summed E-state index contributed by atoms with van der Waals surface area (Å²) in [4.78, 5) is 26.6. The summed E-state index contributed by atoms with van der Waals surface area (Å²) in [5, 5.41) is 0. The van der Waals surface area contributed by atoms with E-state index in [1.54, 1.807) is 6.20 Å². The fourth-order valence-corrected chi connectivity index (χ4v) is 5.60. The fraction of sp³-hybridized carbons (Fsp3) is 0.758. The van der Waals surface area contributed by atoms with Gasteiger partial charge in [0.25, 0.3) is 0 Å². The average Bonchev–Trinajstić information content (AvgIpc) is 3.02. The van der Waals surface area contributed by atoms with Crippen LogP contribution in [-0.2, 0) is 31.8 Å². The van der Waals surface area contributed by atoms with Crippen molar-refractivity contribution in [1.29, 1.82) is 0 Å². The molecule has 0 aliphatic heterocycles. The molecule has 0 bridgehead atoms. The van der Waals surface area contributed by atoms with E-state index in [-0.39, 0.29) is 69.9 Å². The van der Waals surface area contributed by atoms with E-state index in [2.05, 4.69) is 65.7 Å².